The maximum Gasteiger partial charge on any atom is 0.0541 e. The van der Waals surface area contributed by atoms with Crippen LogP contribution in [0.15, 0.2) is 267 Å². The Morgan fingerprint density at radius 3 is 1.47 bits per heavy atom. The highest BCUT2D eigenvalue weighted by atomic mass is 15.1. The third-order valence-electron chi connectivity index (χ3n) is 13.8. The Hall–Kier alpha value is -8.98. The summed E-state index contributed by atoms with van der Waals surface area (Å²) in [5, 5.41) is 9.94. The molecule has 318 valence electrons. The molecule has 2 nitrogen and oxygen atoms in total. The fourth-order valence-electron chi connectivity index (χ4n) is 10.5. The van der Waals surface area contributed by atoms with Crippen LogP contribution in [0.4, 0.5) is 17.1 Å². The number of hydrogen-bond donors (Lipinski definition) is 0. The van der Waals surface area contributed by atoms with Crippen molar-refractivity contribution in [3.05, 3.63) is 267 Å². The highest BCUT2D eigenvalue weighted by Crippen LogP contribution is 2.45. The van der Waals surface area contributed by atoms with E-state index in [-0.39, 0.29) is 0 Å². The van der Waals surface area contributed by atoms with E-state index in [1.165, 1.54) is 98.6 Å². The number of para-hydroxylation sites is 2. The van der Waals surface area contributed by atoms with Crippen LogP contribution in [0.3, 0.4) is 0 Å². The molecule has 0 aliphatic carbocycles. The first-order chi connectivity index (χ1) is 33.7. The topological polar surface area (TPSA) is 8.17 Å². The molecule has 68 heavy (non-hydrogen) atoms. The molecule has 0 spiro atoms. The molecule has 0 unspecified atom stereocenters. The minimum absolute atomic E-state index is 1.09. The molecule has 0 saturated heterocycles. The van der Waals surface area contributed by atoms with E-state index >= 15 is 0 Å². The van der Waals surface area contributed by atoms with Crippen LogP contribution in [0.5, 0.6) is 0 Å². The Kier molecular flexibility index (Phi) is 9.54. The van der Waals surface area contributed by atoms with Crippen molar-refractivity contribution >= 4 is 71.2 Å². The highest BCUT2D eigenvalue weighted by molar-refractivity contribution is 6.18. The summed E-state index contributed by atoms with van der Waals surface area (Å²) in [5.74, 6) is 0. The lowest BCUT2D eigenvalue weighted by molar-refractivity contribution is 1.18. The van der Waals surface area contributed by atoms with Crippen molar-refractivity contribution in [3.63, 3.8) is 0 Å². The molecule has 0 aliphatic heterocycles. The van der Waals surface area contributed by atoms with Crippen LogP contribution in [-0.2, 0) is 0 Å². The molecule has 0 fully saturated rings. The predicted molar refractivity (Wildman–Crippen MR) is 290 cm³/mol. The normalized spacial score (nSPS) is 11.5. The second-order valence-corrected chi connectivity index (χ2v) is 17.7. The molecule has 12 aromatic carbocycles. The zero-order valence-corrected chi connectivity index (χ0v) is 37.3. The van der Waals surface area contributed by atoms with Crippen molar-refractivity contribution in [1.82, 2.24) is 4.57 Å². The van der Waals surface area contributed by atoms with E-state index in [1.54, 1.807) is 0 Å². The standard InChI is InChI=1S/C66H44N2/c1-3-14-45(15-4-1)46-26-28-47(29-27-46)48-32-37-54(38-33-48)67(64-43-41-58(57-21-9-10-22-59(57)64)61-24-13-17-51-31-30-50-16-7-8-20-56(50)66(51)61)55-39-34-49(35-40-55)52-36-42-65-62(44-52)60-23-11-12-25-63(60)68(65)53-18-5-2-6-19-53/h1-44H. The average molecular weight is 865 g/mol. The number of hydrogen-bond acceptors (Lipinski definition) is 1. The lowest BCUT2D eigenvalue weighted by Crippen LogP contribution is -2.10. The van der Waals surface area contributed by atoms with Gasteiger partial charge in [-0.25, -0.2) is 0 Å². The molecule has 1 heterocycles. The second kappa shape index (κ2) is 16.5. The molecule has 13 aromatic rings. The molecule has 0 radical (unpaired) electrons. The molecule has 0 bridgehead atoms. The molecule has 13 rings (SSSR count). The summed E-state index contributed by atoms with van der Waals surface area (Å²) < 4.78 is 2.37. The summed E-state index contributed by atoms with van der Waals surface area (Å²) >= 11 is 0. The Balaban J connectivity index is 0.935. The summed E-state index contributed by atoms with van der Waals surface area (Å²) in [5.41, 5.74) is 16.5. The first kappa shape index (κ1) is 39.4. The maximum absolute atomic E-state index is 2.42. The third kappa shape index (κ3) is 6.73. The Labute approximate surface area is 395 Å². The maximum atomic E-state index is 2.42. The summed E-state index contributed by atoms with van der Waals surface area (Å²) in [7, 11) is 0. The van der Waals surface area contributed by atoms with Gasteiger partial charge < -0.3 is 9.47 Å². The van der Waals surface area contributed by atoms with E-state index in [2.05, 4.69) is 276 Å². The van der Waals surface area contributed by atoms with Crippen LogP contribution in [-0.4, -0.2) is 4.57 Å². The van der Waals surface area contributed by atoms with E-state index in [9.17, 15) is 0 Å². The van der Waals surface area contributed by atoms with Gasteiger partial charge in [-0.2, -0.15) is 0 Å². The smallest absolute Gasteiger partial charge is 0.0541 e. The number of nitrogens with zero attached hydrogens (tertiary/aromatic N) is 2. The molecule has 1 aromatic heterocycles. The minimum Gasteiger partial charge on any atom is -0.310 e. The van der Waals surface area contributed by atoms with Crippen molar-refractivity contribution in [2.24, 2.45) is 0 Å². The Morgan fingerprint density at radius 1 is 0.265 bits per heavy atom. The van der Waals surface area contributed by atoms with Crippen molar-refractivity contribution < 1.29 is 0 Å². The van der Waals surface area contributed by atoms with Gasteiger partial charge in [-0.1, -0.05) is 206 Å². The number of aromatic nitrogens is 1. The summed E-state index contributed by atoms with van der Waals surface area (Å²) in [6.07, 6.45) is 0. The van der Waals surface area contributed by atoms with Crippen molar-refractivity contribution in [2.75, 3.05) is 4.90 Å². The molecule has 0 N–H and O–H groups in total. The van der Waals surface area contributed by atoms with Gasteiger partial charge in [-0.3, -0.25) is 0 Å². The van der Waals surface area contributed by atoms with Crippen molar-refractivity contribution in [3.8, 4) is 50.2 Å². The zero-order chi connectivity index (χ0) is 45.0. The van der Waals surface area contributed by atoms with Gasteiger partial charge in [0.15, 0.2) is 0 Å². The largest absolute Gasteiger partial charge is 0.310 e. The summed E-state index contributed by atoms with van der Waals surface area (Å²) in [4.78, 5) is 2.42. The van der Waals surface area contributed by atoms with E-state index in [0.29, 0.717) is 0 Å². The highest BCUT2D eigenvalue weighted by Gasteiger charge is 2.20. The monoisotopic (exact) mass is 864 g/mol. The van der Waals surface area contributed by atoms with Crippen LogP contribution in [0, 0.1) is 0 Å². The number of anilines is 3. The van der Waals surface area contributed by atoms with Crippen molar-refractivity contribution in [1.29, 1.82) is 0 Å². The third-order valence-corrected chi connectivity index (χ3v) is 13.8. The Bertz CT molecular complexity index is 3980. The van der Waals surface area contributed by atoms with Gasteiger partial charge in [-0.05, 0) is 132 Å². The van der Waals surface area contributed by atoms with Gasteiger partial charge in [-0.15, -0.1) is 0 Å². The van der Waals surface area contributed by atoms with Gasteiger partial charge in [0.05, 0.1) is 16.7 Å². The average Bonchev–Trinajstić information content (AvgIpc) is 3.75. The summed E-state index contributed by atoms with van der Waals surface area (Å²) in [6, 6.07) is 97.4. The van der Waals surface area contributed by atoms with Gasteiger partial charge in [0.25, 0.3) is 0 Å². The first-order valence-electron chi connectivity index (χ1n) is 23.4. The van der Waals surface area contributed by atoms with Crippen molar-refractivity contribution in [2.45, 2.75) is 0 Å². The molecule has 0 saturated carbocycles. The van der Waals surface area contributed by atoms with Crippen LogP contribution >= 0.6 is 0 Å². The van der Waals surface area contributed by atoms with Crippen LogP contribution in [0.25, 0.3) is 104 Å². The molecular weight excluding hydrogens is 821 g/mol. The van der Waals surface area contributed by atoms with E-state index < -0.39 is 0 Å². The summed E-state index contributed by atoms with van der Waals surface area (Å²) in [6.45, 7) is 0. The predicted octanol–water partition coefficient (Wildman–Crippen LogP) is 18.4. The first-order valence-corrected chi connectivity index (χ1v) is 23.4. The minimum atomic E-state index is 1.09. The van der Waals surface area contributed by atoms with Gasteiger partial charge in [0, 0.05) is 33.2 Å². The number of fused-ring (bicyclic) bond motifs is 7. The van der Waals surface area contributed by atoms with E-state index in [1.807, 2.05) is 0 Å². The zero-order valence-electron chi connectivity index (χ0n) is 37.3. The molecule has 2 heteroatoms. The molecular formula is C66H44N2. The quantitative estimate of drug-likeness (QED) is 0.138. The molecule has 0 amide bonds. The van der Waals surface area contributed by atoms with Gasteiger partial charge in [0.2, 0.25) is 0 Å². The molecule has 0 atom stereocenters. The van der Waals surface area contributed by atoms with E-state index in [0.717, 1.165) is 22.7 Å². The lowest BCUT2D eigenvalue weighted by Gasteiger charge is -2.28. The second-order valence-electron chi connectivity index (χ2n) is 17.7. The fourth-order valence-corrected chi connectivity index (χ4v) is 10.5. The van der Waals surface area contributed by atoms with Crippen LogP contribution in [0.1, 0.15) is 0 Å². The Morgan fingerprint density at radius 2 is 0.765 bits per heavy atom. The SMILES string of the molecule is c1ccc(-c2ccc(-c3ccc(N(c4ccc(-c5ccc6c(c5)c5ccccc5n6-c5ccccc5)cc4)c4ccc(-c5cccc6ccc7ccccc7c56)c5ccccc45)cc3)cc2)cc1. The fraction of sp³-hybridized carbons (Fsp3) is 0. The number of rotatable bonds is 8. The van der Waals surface area contributed by atoms with E-state index in [4.69, 9.17) is 0 Å². The van der Waals surface area contributed by atoms with Gasteiger partial charge >= 0.3 is 0 Å². The van der Waals surface area contributed by atoms with Gasteiger partial charge in [0.1, 0.15) is 0 Å². The van der Waals surface area contributed by atoms with Crippen LogP contribution < -0.4 is 4.90 Å². The molecule has 0 aliphatic rings. The number of benzene rings is 12. The lowest BCUT2D eigenvalue weighted by atomic mass is 9.90. The van der Waals surface area contributed by atoms with Crippen LogP contribution in [0.2, 0.25) is 0 Å².